The summed E-state index contributed by atoms with van der Waals surface area (Å²) in [6, 6.07) is 4.31. The molecule has 0 aliphatic carbocycles. The molecule has 0 spiro atoms. The fourth-order valence-corrected chi connectivity index (χ4v) is 4.57. The maximum absolute atomic E-state index is 4.79. The van der Waals surface area contributed by atoms with Gasteiger partial charge in [0.1, 0.15) is 11.0 Å². The minimum atomic E-state index is 0.787. The zero-order valence-corrected chi connectivity index (χ0v) is 18.1. The molecule has 0 saturated carbocycles. The Kier molecular flexibility index (Phi) is 3.87. The number of aromatic amines is 2. The number of benzene rings is 2. The Morgan fingerprint density at radius 3 is 1.46 bits per heavy atom. The number of H-pyrrole nitrogens is 2. The summed E-state index contributed by atoms with van der Waals surface area (Å²) in [7, 11) is 0. The van der Waals surface area contributed by atoms with Crippen molar-refractivity contribution in [2.24, 2.45) is 0 Å². The number of imidazole rings is 2. The van der Waals surface area contributed by atoms with Crippen LogP contribution in [0.4, 0.5) is 0 Å². The molecule has 2 aromatic carbocycles. The summed E-state index contributed by atoms with van der Waals surface area (Å²) < 4.78 is 2.39. The number of nitrogens with zero attached hydrogens (tertiary/aromatic N) is 2. The molecule has 4 nitrogen and oxygen atoms in total. The van der Waals surface area contributed by atoms with Gasteiger partial charge in [-0.3, -0.25) is 0 Å². The first-order valence-corrected chi connectivity index (χ1v) is 9.83. The predicted molar refractivity (Wildman–Crippen MR) is 116 cm³/mol. The minimum absolute atomic E-state index is 0.787. The average Bonchev–Trinajstić information content (AvgIpc) is 3.14. The standard InChI is InChI=1S/C18H16I2N4/c1-7-5-11-15(13(19)9(7)3)23-17(21-11)18-22-12-6-8(2)10(4)14(20)16(12)24-18/h5-6H,1-4H3,(H,21,23)(H,22,24). The second kappa shape index (κ2) is 5.69. The lowest BCUT2D eigenvalue weighted by Crippen LogP contribution is -1.87. The van der Waals surface area contributed by atoms with Crippen molar-refractivity contribution in [1.29, 1.82) is 0 Å². The number of nitrogens with one attached hydrogen (secondary N) is 2. The van der Waals surface area contributed by atoms with Gasteiger partial charge in [-0.2, -0.15) is 0 Å². The Labute approximate surface area is 167 Å². The Balaban J connectivity index is 1.96. The van der Waals surface area contributed by atoms with Crippen LogP contribution in [0.2, 0.25) is 0 Å². The van der Waals surface area contributed by atoms with Gasteiger partial charge < -0.3 is 9.97 Å². The van der Waals surface area contributed by atoms with Gasteiger partial charge in [0.2, 0.25) is 0 Å². The second-order valence-electron chi connectivity index (χ2n) is 6.23. The van der Waals surface area contributed by atoms with Gasteiger partial charge in [0.05, 0.1) is 11.0 Å². The molecule has 0 saturated heterocycles. The number of hydrogen-bond donors (Lipinski definition) is 2. The zero-order chi connectivity index (χ0) is 17.2. The summed E-state index contributed by atoms with van der Waals surface area (Å²) in [5, 5.41) is 0. The van der Waals surface area contributed by atoms with E-state index < -0.39 is 0 Å². The molecule has 2 heterocycles. The molecule has 0 atom stereocenters. The lowest BCUT2D eigenvalue weighted by atomic mass is 10.1. The van der Waals surface area contributed by atoms with Gasteiger partial charge in [-0.15, -0.1) is 0 Å². The fourth-order valence-electron chi connectivity index (χ4n) is 2.89. The molecule has 0 amide bonds. The molecular weight excluding hydrogens is 526 g/mol. The van der Waals surface area contributed by atoms with Gasteiger partial charge in [0, 0.05) is 7.14 Å². The van der Waals surface area contributed by atoms with Gasteiger partial charge >= 0.3 is 0 Å². The van der Waals surface area contributed by atoms with Crippen LogP contribution in [0.5, 0.6) is 0 Å². The highest BCUT2D eigenvalue weighted by molar-refractivity contribution is 14.1. The molecule has 2 N–H and O–H groups in total. The predicted octanol–water partition coefficient (Wildman–Crippen LogP) is 5.55. The highest BCUT2D eigenvalue weighted by Crippen LogP contribution is 2.30. The highest BCUT2D eigenvalue weighted by Gasteiger charge is 2.16. The van der Waals surface area contributed by atoms with Crippen molar-refractivity contribution in [3.05, 3.63) is 41.5 Å². The summed E-state index contributed by atoms with van der Waals surface area (Å²) in [5.74, 6) is 1.57. The third-order valence-electron chi connectivity index (χ3n) is 4.67. The van der Waals surface area contributed by atoms with E-state index in [1.807, 2.05) is 0 Å². The van der Waals surface area contributed by atoms with Crippen molar-refractivity contribution in [1.82, 2.24) is 19.9 Å². The molecule has 0 radical (unpaired) electrons. The molecule has 6 heteroatoms. The Bertz CT molecular complexity index is 1030. The van der Waals surface area contributed by atoms with Crippen molar-refractivity contribution < 1.29 is 0 Å². The van der Waals surface area contributed by atoms with E-state index in [1.165, 1.54) is 29.4 Å². The number of hydrogen-bond acceptors (Lipinski definition) is 2. The monoisotopic (exact) mass is 542 g/mol. The molecule has 4 aromatic rings. The second-order valence-corrected chi connectivity index (χ2v) is 8.39. The number of rotatable bonds is 1. The van der Waals surface area contributed by atoms with Crippen LogP contribution in [0.3, 0.4) is 0 Å². The molecule has 24 heavy (non-hydrogen) atoms. The molecule has 0 aliphatic heterocycles. The minimum Gasteiger partial charge on any atom is -0.335 e. The van der Waals surface area contributed by atoms with Crippen LogP contribution in [-0.4, -0.2) is 19.9 Å². The van der Waals surface area contributed by atoms with Crippen molar-refractivity contribution in [2.45, 2.75) is 27.7 Å². The first kappa shape index (κ1) is 16.3. The lowest BCUT2D eigenvalue weighted by molar-refractivity contribution is 1.22. The van der Waals surface area contributed by atoms with Gasteiger partial charge in [0.15, 0.2) is 11.6 Å². The van der Waals surface area contributed by atoms with Gasteiger partial charge in [-0.05, 0) is 107 Å². The summed E-state index contributed by atoms with van der Waals surface area (Å²) in [5.41, 5.74) is 9.24. The topological polar surface area (TPSA) is 57.4 Å². The molecule has 0 unspecified atom stereocenters. The molecule has 0 fully saturated rings. The largest absolute Gasteiger partial charge is 0.335 e. The van der Waals surface area contributed by atoms with E-state index >= 15 is 0 Å². The normalized spacial score (nSPS) is 11.8. The molecule has 2 aromatic heterocycles. The van der Waals surface area contributed by atoms with Gasteiger partial charge in [-0.25, -0.2) is 9.97 Å². The van der Waals surface area contributed by atoms with E-state index in [9.17, 15) is 0 Å². The zero-order valence-electron chi connectivity index (χ0n) is 13.8. The van der Waals surface area contributed by atoms with E-state index in [4.69, 9.17) is 9.97 Å². The first-order valence-electron chi connectivity index (χ1n) is 7.68. The summed E-state index contributed by atoms with van der Waals surface area (Å²) in [4.78, 5) is 16.4. The summed E-state index contributed by atoms with van der Waals surface area (Å²) in [6.07, 6.45) is 0. The maximum atomic E-state index is 4.79. The smallest absolute Gasteiger partial charge is 0.174 e. The van der Waals surface area contributed by atoms with Crippen LogP contribution in [-0.2, 0) is 0 Å². The van der Waals surface area contributed by atoms with Crippen LogP contribution in [0, 0.1) is 34.8 Å². The maximum Gasteiger partial charge on any atom is 0.174 e. The highest BCUT2D eigenvalue weighted by atomic mass is 127. The van der Waals surface area contributed by atoms with Gasteiger partial charge in [0.25, 0.3) is 0 Å². The van der Waals surface area contributed by atoms with Crippen molar-refractivity contribution in [2.75, 3.05) is 0 Å². The number of aromatic nitrogens is 4. The SMILES string of the molecule is Cc1cc2[nH]c(-c3nc4c(I)c(C)c(C)cc4[nH]3)nc2c(I)c1C. The Morgan fingerprint density at radius 2 is 1.08 bits per heavy atom. The third-order valence-corrected chi connectivity index (χ3v) is 7.31. The molecular formula is C18H16I2N4. The van der Waals surface area contributed by atoms with Crippen LogP contribution in [0.15, 0.2) is 12.1 Å². The van der Waals surface area contributed by atoms with Crippen LogP contribution >= 0.6 is 45.2 Å². The van der Waals surface area contributed by atoms with E-state index in [0.717, 1.165) is 33.7 Å². The fraction of sp³-hybridized carbons (Fsp3) is 0.222. The lowest BCUT2D eigenvalue weighted by Gasteiger charge is -2.02. The molecule has 0 bridgehead atoms. The van der Waals surface area contributed by atoms with Crippen LogP contribution in [0.25, 0.3) is 33.7 Å². The van der Waals surface area contributed by atoms with Crippen LogP contribution in [0.1, 0.15) is 22.3 Å². The van der Waals surface area contributed by atoms with E-state index in [0.29, 0.717) is 0 Å². The molecule has 122 valence electrons. The van der Waals surface area contributed by atoms with Gasteiger partial charge in [-0.1, -0.05) is 0 Å². The van der Waals surface area contributed by atoms with Crippen molar-refractivity contribution in [3.63, 3.8) is 0 Å². The molecule has 4 rings (SSSR count). The number of halogens is 2. The van der Waals surface area contributed by atoms with E-state index in [2.05, 4.69) is 95.0 Å². The van der Waals surface area contributed by atoms with Crippen LogP contribution < -0.4 is 0 Å². The van der Waals surface area contributed by atoms with E-state index in [-0.39, 0.29) is 0 Å². The van der Waals surface area contributed by atoms with Crippen molar-refractivity contribution in [3.8, 4) is 11.6 Å². The summed E-state index contributed by atoms with van der Waals surface area (Å²) >= 11 is 4.75. The number of aryl methyl sites for hydroxylation is 2. The average molecular weight is 542 g/mol. The van der Waals surface area contributed by atoms with E-state index in [1.54, 1.807) is 0 Å². The summed E-state index contributed by atoms with van der Waals surface area (Å²) in [6.45, 7) is 8.54. The Morgan fingerprint density at radius 1 is 0.708 bits per heavy atom. The third kappa shape index (κ3) is 2.37. The quantitative estimate of drug-likeness (QED) is 0.310. The first-order chi connectivity index (χ1) is 11.4. The Hall–Kier alpha value is -1.16. The van der Waals surface area contributed by atoms with Crippen molar-refractivity contribution >= 4 is 67.2 Å². The molecule has 0 aliphatic rings. The number of fused-ring (bicyclic) bond motifs is 2.